The topological polar surface area (TPSA) is 94.5 Å². The van der Waals surface area contributed by atoms with Gasteiger partial charge in [-0.3, -0.25) is 0 Å². The summed E-state index contributed by atoms with van der Waals surface area (Å²) in [7, 11) is -3.53. The molecular formula is C19H18NNa2O5PS2. The molecule has 0 radical (unpaired) electrons. The zero-order chi connectivity index (χ0) is 20.5. The van der Waals surface area contributed by atoms with Crippen molar-refractivity contribution < 1.29 is 82.7 Å². The fraction of sp³-hybridized carbons (Fsp3) is 0.211. The summed E-state index contributed by atoms with van der Waals surface area (Å²) in [4.78, 5) is 23.7. The van der Waals surface area contributed by atoms with Crippen molar-refractivity contribution in [3.8, 4) is 33.1 Å². The van der Waals surface area contributed by atoms with E-state index in [9.17, 15) is 14.4 Å². The van der Waals surface area contributed by atoms with Crippen molar-refractivity contribution in [2.45, 2.75) is 18.7 Å². The van der Waals surface area contributed by atoms with Gasteiger partial charge in [-0.1, -0.05) is 12.1 Å². The van der Waals surface area contributed by atoms with Crippen LogP contribution in [0.3, 0.4) is 0 Å². The van der Waals surface area contributed by atoms with Gasteiger partial charge in [0.15, 0.2) is 0 Å². The molecule has 3 aromatic rings. The van der Waals surface area contributed by atoms with E-state index in [4.69, 9.17) is 4.74 Å². The zero-order valence-corrected chi connectivity index (χ0v) is 24.2. The number of rotatable bonds is 6. The predicted molar refractivity (Wildman–Crippen MR) is 109 cm³/mol. The molecule has 0 saturated heterocycles. The van der Waals surface area contributed by atoms with Crippen LogP contribution in [-0.2, 0) is 4.57 Å². The number of hydrogen-bond acceptors (Lipinski definition) is 8. The molecule has 0 amide bonds. The molecule has 148 valence electrons. The molecule has 0 aliphatic rings. The Morgan fingerprint density at radius 1 is 1.07 bits per heavy atom. The number of aromatic nitrogens is 1. The first-order chi connectivity index (χ1) is 13.2. The van der Waals surface area contributed by atoms with Gasteiger partial charge in [0.2, 0.25) is 0 Å². The second-order valence-corrected chi connectivity index (χ2v) is 8.82. The molecule has 2 aromatic carbocycles. The molecule has 11 heteroatoms. The third-order valence-corrected chi connectivity index (χ3v) is 6.40. The van der Waals surface area contributed by atoms with Crippen molar-refractivity contribution in [1.82, 2.24) is 4.37 Å². The van der Waals surface area contributed by atoms with E-state index in [0.29, 0.717) is 10.5 Å². The summed E-state index contributed by atoms with van der Waals surface area (Å²) >= 11 is 2.63. The summed E-state index contributed by atoms with van der Waals surface area (Å²) in [6.07, 6.45) is 3.49. The van der Waals surface area contributed by atoms with Crippen molar-refractivity contribution >= 4 is 31.1 Å². The number of methoxy groups -OCH3 is 1. The first-order valence-corrected chi connectivity index (χ1v) is 11.7. The second kappa shape index (κ2) is 11.9. The van der Waals surface area contributed by atoms with Gasteiger partial charge in [-0.2, -0.15) is 4.37 Å². The van der Waals surface area contributed by atoms with E-state index < -0.39 is 7.82 Å². The average molecular weight is 481 g/mol. The van der Waals surface area contributed by atoms with E-state index in [1.807, 2.05) is 26.0 Å². The van der Waals surface area contributed by atoms with Crippen LogP contribution in [0.1, 0.15) is 11.1 Å². The van der Waals surface area contributed by atoms with Crippen molar-refractivity contribution in [3.63, 3.8) is 0 Å². The zero-order valence-electron chi connectivity index (χ0n) is 17.7. The number of benzene rings is 2. The summed E-state index contributed by atoms with van der Waals surface area (Å²) in [5.41, 5.74) is 4.64. The molecule has 0 unspecified atom stereocenters. The average Bonchev–Trinajstić information content (AvgIpc) is 3.12. The molecule has 0 fully saturated rings. The molecule has 0 spiro atoms. The van der Waals surface area contributed by atoms with Gasteiger partial charge in [0.25, 0.3) is 0 Å². The molecule has 1 heterocycles. The number of ether oxygens (including phenoxy) is 1. The van der Waals surface area contributed by atoms with E-state index in [-0.39, 0.29) is 64.9 Å². The SMILES string of the molecule is COc1cc(-c2sncc2-c2ccc(SC)c(OP(=O)([O-])[O-])c2)cc(C)c1C.[Na+].[Na+]. The normalized spacial score (nSPS) is 10.7. The molecule has 30 heavy (non-hydrogen) atoms. The van der Waals surface area contributed by atoms with Gasteiger partial charge in [0.05, 0.1) is 12.0 Å². The first kappa shape index (κ1) is 28.2. The molecule has 6 nitrogen and oxygen atoms in total. The minimum absolute atomic E-state index is 0. The Kier molecular flexibility index (Phi) is 11.2. The van der Waals surface area contributed by atoms with E-state index >= 15 is 0 Å². The van der Waals surface area contributed by atoms with Crippen LogP contribution in [0.25, 0.3) is 21.6 Å². The molecule has 0 aliphatic heterocycles. The summed E-state index contributed by atoms with van der Waals surface area (Å²) in [6, 6.07) is 9.15. The van der Waals surface area contributed by atoms with Crippen LogP contribution >= 0.6 is 31.1 Å². The minimum atomic E-state index is -5.16. The Labute approximate surface area is 228 Å². The quantitative estimate of drug-likeness (QED) is 0.229. The van der Waals surface area contributed by atoms with Gasteiger partial charge in [-0.25, -0.2) is 0 Å². The number of thioether (sulfide) groups is 1. The minimum Gasteiger partial charge on any atom is -0.780 e. The fourth-order valence-corrected chi connectivity index (χ4v) is 4.57. The van der Waals surface area contributed by atoms with Crippen molar-refractivity contribution in [2.75, 3.05) is 13.4 Å². The first-order valence-electron chi connectivity index (χ1n) is 8.24. The summed E-state index contributed by atoms with van der Waals surface area (Å²) in [5.74, 6) is 0.808. The van der Waals surface area contributed by atoms with Crippen LogP contribution in [0, 0.1) is 13.8 Å². The summed E-state index contributed by atoms with van der Waals surface area (Å²) < 4.78 is 25.6. The van der Waals surface area contributed by atoms with Gasteiger partial charge < -0.3 is 23.6 Å². The van der Waals surface area contributed by atoms with E-state index in [2.05, 4.69) is 15.0 Å². The van der Waals surface area contributed by atoms with Gasteiger partial charge in [0.1, 0.15) is 19.3 Å². The smallest absolute Gasteiger partial charge is 0.780 e. The Morgan fingerprint density at radius 2 is 1.73 bits per heavy atom. The largest absolute Gasteiger partial charge is 1.00 e. The number of phosphoric ester groups is 1. The van der Waals surface area contributed by atoms with E-state index in [1.165, 1.54) is 23.3 Å². The van der Waals surface area contributed by atoms with Crippen molar-refractivity contribution in [1.29, 1.82) is 0 Å². The molecular weight excluding hydrogens is 463 g/mol. The van der Waals surface area contributed by atoms with Crippen LogP contribution in [0.2, 0.25) is 0 Å². The van der Waals surface area contributed by atoms with Gasteiger partial charge in [-0.05, 0) is 72.1 Å². The van der Waals surface area contributed by atoms with E-state index in [0.717, 1.165) is 32.9 Å². The maximum atomic E-state index is 11.1. The van der Waals surface area contributed by atoms with Crippen molar-refractivity contribution in [3.05, 3.63) is 47.7 Å². The fourth-order valence-electron chi connectivity index (χ4n) is 2.86. The van der Waals surface area contributed by atoms with Crippen LogP contribution < -0.4 is 78.2 Å². The molecule has 0 atom stereocenters. The summed E-state index contributed by atoms with van der Waals surface area (Å²) in [5, 5.41) is 0. The van der Waals surface area contributed by atoms with Crippen molar-refractivity contribution in [2.24, 2.45) is 0 Å². The maximum Gasteiger partial charge on any atom is 1.00 e. The molecule has 0 N–H and O–H groups in total. The predicted octanol–water partition coefficient (Wildman–Crippen LogP) is -1.96. The van der Waals surface area contributed by atoms with E-state index in [1.54, 1.807) is 31.7 Å². The third-order valence-electron chi connectivity index (χ3n) is 4.36. The Hall–Kier alpha value is 0.170. The number of nitrogens with zero attached hydrogens (tertiary/aromatic N) is 1. The molecule has 0 bridgehead atoms. The van der Waals surface area contributed by atoms with Gasteiger partial charge >= 0.3 is 59.1 Å². The number of hydrogen-bond donors (Lipinski definition) is 0. The Balaban J connectivity index is 0.00000225. The number of phosphoric acid groups is 1. The van der Waals surface area contributed by atoms with Crippen LogP contribution in [-0.4, -0.2) is 17.7 Å². The monoisotopic (exact) mass is 481 g/mol. The second-order valence-electron chi connectivity index (χ2n) is 6.09. The Morgan fingerprint density at radius 3 is 2.33 bits per heavy atom. The molecule has 0 aliphatic carbocycles. The molecule has 0 saturated carbocycles. The van der Waals surface area contributed by atoms with Crippen LogP contribution in [0.5, 0.6) is 11.5 Å². The standard InChI is InChI=1S/C19H20NO5PS2.2Na/c1-11-7-14(9-16(24-3)12(11)2)19-15(10-20-28-19)13-5-6-18(27-4)17(8-13)25-26(21,22)23;;/h5-10H,1-4H3,(H2,21,22,23);;/q;2*+1/p-2. The molecule has 3 rings (SSSR count). The van der Waals surface area contributed by atoms with Gasteiger partial charge in [-0.15, -0.1) is 11.8 Å². The van der Waals surface area contributed by atoms with Crippen LogP contribution in [0.4, 0.5) is 0 Å². The number of aryl methyl sites for hydroxylation is 1. The molecule has 1 aromatic heterocycles. The van der Waals surface area contributed by atoms with Crippen LogP contribution in [0.15, 0.2) is 41.4 Å². The third kappa shape index (κ3) is 6.59. The van der Waals surface area contributed by atoms with Gasteiger partial charge in [0, 0.05) is 16.7 Å². The Bertz CT molecular complexity index is 1070. The maximum absolute atomic E-state index is 11.1. The summed E-state index contributed by atoms with van der Waals surface area (Å²) in [6.45, 7) is 4.02.